The molecule has 2 aromatic carbocycles. The summed E-state index contributed by atoms with van der Waals surface area (Å²) in [6.45, 7) is 1.78. The molecule has 0 spiro atoms. The monoisotopic (exact) mass is 294 g/mol. The van der Waals surface area contributed by atoms with E-state index in [-0.39, 0.29) is 6.54 Å². The quantitative estimate of drug-likeness (QED) is 0.848. The van der Waals surface area contributed by atoms with Crippen LogP contribution in [0, 0.1) is 24.4 Å². The zero-order chi connectivity index (χ0) is 15.4. The van der Waals surface area contributed by atoms with Crippen molar-refractivity contribution < 1.29 is 18.0 Å². The maximum Gasteiger partial charge on any atom is 0.243 e. The average Bonchev–Trinajstić information content (AvgIpc) is 2.46. The van der Waals surface area contributed by atoms with Gasteiger partial charge in [-0.1, -0.05) is 12.1 Å². The molecule has 2 aromatic rings. The molecule has 0 saturated carbocycles. The number of hydrogen-bond acceptors (Lipinski definition) is 2. The van der Waals surface area contributed by atoms with Crippen molar-refractivity contribution in [3.63, 3.8) is 0 Å². The number of anilines is 2. The van der Waals surface area contributed by atoms with Crippen molar-refractivity contribution in [2.45, 2.75) is 6.92 Å². The summed E-state index contributed by atoms with van der Waals surface area (Å²) in [6.07, 6.45) is 0. The summed E-state index contributed by atoms with van der Waals surface area (Å²) in [5, 5.41) is 5.03. The summed E-state index contributed by atoms with van der Waals surface area (Å²) in [6, 6.07) is 9.07. The highest BCUT2D eigenvalue weighted by Crippen LogP contribution is 2.19. The molecule has 0 aliphatic rings. The van der Waals surface area contributed by atoms with Crippen molar-refractivity contribution in [1.82, 2.24) is 0 Å². The van der Waals surface area contributed by atoms with Gasteiger partial charge in [-0.2, -0.15) is 0 Å². The van der Waals surface area contributed by atoms with Gasteiger partial charge in [-0.3, -0.25) is 4.79 Å². The van der Waals surface area contributed by atoms with Gasteiger partial charge in [-0.05, 0) is 36.8 Å². The number of nitrogens with one attached hydrogen (secondary N) is 2. The topological polar surface area (TPSA) is 41.1 Å². The Balaban J connectivity index is 1.98. The normalized spacial score (nSPS) is 10.3. The molecule has 0 bridgehead atoms. The molecule has 21 heavy (non-hydrogen) atoms. The summed E-state index contributed by atoms with van der Waals surface area (Å²) in [5.74, 6) is -4.90. The summed E-state index contributed by atoms with van der Waals surface area (Å²) < 4.78 is 39.2. The third-order valence-electron chi connectivity index (χ3n) is 2.78. The van der Waals surface area contributed by atoms with E-state index < -0.39 is 29.0 Å². The minimum absolute atomic E-state index is 0.123. The Morgan fingerprint density at radius 2 is 1.86 bits per heavy atom. The van der Waals surface area contributed by atoms with Crippen LogP contribution in [0.25, 0.3) is 0 Å². The zero-order valence-corrected chi connectivity index (χ0v) is 11.2. The predicted molar refractivity (Wildman–Crippen MR) is 74.6 cm³/mol. The molecule has 0 atom stereocenters. The Kier molecular flexibility index (Phi) is 4.47. The van der Waals surface area contributed by atoms with Gasteiger partial charge in [0.15, 0.2) is 17.5 Å². The number of carbonyl (C=O) groups excluding carboxylic acids is 1. The van der Waals surface area contributed by atoms with Crippen molar-refractivity contribution in [2.24, 2.45) is 0 Å². The SMILES string of the molecule is Cc1cccc(NCC(=O)Nc2ccc(F)c(F)c2F)c1. The molecule has 2 rings (SSSR count). The van der Waals surface area contributed by atoms with Crippen LogP contribution in [-0.2, 0) is 4.79 Å². The second-order valence-corrected chi connectivity index (χ2v) is 4.49. The van der Waals surface area contributed by atoms with E-state index in [0.717, 1.165) is 23.4 Å². The predicted octanol–water partition coefficient (Wildman–Crippen LogP) is 3.46. The lowest BCUT2D eigenvalue weighted by Gasteiger charge is -2.09. The van der Waals surface area contributed by atoms with Crippen molar-refractivity contribution in [3.05, 3.63) is 59.4 Å². The van der Waals surface area contributed by atoms with Crippen LogP contribution in [-0.4, -0.2) is 12.5 Å². The molecule has 2 N–H and O–H groups in total. The second kappa shape index (κ2) is 6.30. The van der Waals surface area contributed by atoms with Gasteiger partial charge in [0.05, 0.1) is 12.2 Å². The van der Waals surface area contributed by atoms with Crippen LogP contribution < -0.4 is 10.6 Å². The highest BCUT2D eigenvalue weighted by atomic mass is 19.2. The van der Waals surface area contributed by atoms with E-state index in [1.54, 1.807) is 6.07 Å². The number of benzene rings is 2. The van der Waals surface area contributed by atoms with Crippen LogP contribution in [0.15, 0.2) is 36.4 Å². The van der Waals surface area contributed by atoms with Gasteiger partial charge in [0.2, 0.25) is 5.91 Å². The van der Waals surface area contributed by atoms with Crippen LogP contribution in [0.2, 0.25) is 0 Å². The largest absolute Gasteiger partial charge is 0.376 e. The van der Waals surface area contributed by atoms with Gasteiger partial charge in [0, 0.05) is 5.69 Å². The fraction of sp³-hybridized carbons (Fsp3) is 0.133. The van der Waals surface area contributed by atoms with E-state index in [2.05, 4.69) is 10.6 Å². The number of carbonyl (C=O) groups is 1. The van der Waals surface area contributed by atoms with Gasteiger partial charge >= 0.3 is 0 Å². The first-order chi connectivity index (χ1) is 9.97. The Morgan fingerprint density at radius 1 is 1.10 bits per heavy atom. The molecule has 3 nitrogen and oxygen atoms in total. The third kappa shape index (κ3) is 3.75. The first kappa shape index (κ1) is 14.9. The number of hydrogen-bond donors (Lipinski definition) is 2. The van der Waals surface area contributed by atoms with Crippen molar-refractivity contribution in [1.29, 1.82) is 0 Å². The Hall–Kier alpha value is -2.50. The van der Waals surface area contributed by atoms with E-state index in [4.69, 9.17) is 0 Å². The molecule has 6 heteroatoms. The lowest BCUT2D eigenvalue weighted by atomic mass is 10.2. The maximum atomic E-state index is 13.4. The molecule has 0 heterocycles. The highest BCUT2D eigenvalue weighted by molar-refractivity contribution is 5.93. The Bertz CT molecular complexity index is 674. The molecule has 0 aromatic heterocycles. The van der Waals surface area contributed by atoms with Crippen LogP contribution in [0.5, 0.6) is 0 Å². The molecule has 0 unspecified atom stereocenters. The van der Waals surface area contributed by atoms with Crippen LogP contribution in [0.1, 0.15) is 5.56 Å². The number of amides is 1. The summed E-state index contributed by atoms with van der Waals surface area (Å²) in [5.41, 5.74) is 1.35. The molecular weight excluding hydrogens is 281 g/mol. The number of aryl methyl sites for hydroxylation is 1. The number of halogens is 3. The summed E-state index contributed by atoms with van der Waals surface area (Å²) >= 11 is 0. The minimum atomic E-state index is -1.61. The van der Waals surface area contributed by atoms with Crippen molar-refractivity contribution >= 4 is 17.3 Å². The van der Waals surface area contributed by atoms with Gasteiger partial charge in [0.1, 0.15) is 0 Å². The fourth-order valence-electron chi connectivity index (χ4n) is 1.75. The van der Waals surface area contributed by atoms with Crippen LogP contribution >= 0.6 is 0 Å². The van der Waals surface area contributed by atoms with Crippen LogP contribution in [0.4, 0.5) is 24.5 Å². The second-order valence-electron chi connectivity index (χ2n) is 4.49. The van der Waals surface area contributed by atoms with Gasteiger partial charge in [-0.15, -0.1) is 0 Å². The van der Waals surface area contributed by atoms with E-state index >= 15 is 0 Å². The standard InChI is InChI=1S/C15H13F3N2O/c1-9-3-2-4-10(7-9)19-8-13(21)20-12-6-5-11(16)14(17)15(12)18/h2-7,19H,8H2,1H3,(H,20,21). The zero-order valence-electron chi connectivity index (χ0n) is 11.2. The molecule has 110 valence electrons. The first-order valence-electron chi connectivity index (χ1n) is 6.21. The fourth-order valence-corrected chi connectivity index (χ4v) is 1.75. The third-order valence-corrected chi connectivity index (χ3v) is 2.78. The smallest absolute Gasteiger partial charge is 0.243 e. The highest BCUT2D eigenvalue weighted by Gasteiger charge is 2.14. The lowest BCUT2D eigenvalue weighted by molar-refractivity contribution is -0.114. The van der Waals surface area contributed by atoms with Gasteiger partial charge in [0.25, 0.3) is 0 Å². The van der Waals surface area contributed by atoms with E-state index in [9.17, 15) is 18.0 Å². The molecule has 0 aliphatic carbocycles. The van der Waals surface area contributed by atoms with E-state index in [0.29, 0.717) is 0 Å². The number of rotatable bonds is 4. The van der Waals surface area contributed by atoms with Crippen molar-refractivity contribution in [3.8, 4) is 0 Å². The maximum absolute atomic E-state index is 13.4. The average molecular weight is 294 g/mol. The van der Waals surface area contributed by atoms with Crippen molar-refractivity contribution in [2.75, 3.05) is 17.2 Å². The Labute approximate surface area is 119 Å². The van der Waals surface area contributed by atoms with E-state index in [1.165, 1.54) is 0 Å². The molecule has 0 radical (unpaired) electrons. The molecule has 0 fully saturated rings. The molecule has 0 aliphatic heterocycles. The van der Waals surface area contributed by atoms with Gasteiger partial charge < -0.3 is 10.6 Å². The molecule has 0 saturated heterocycles. The van der Waals surface area contributed by atoms with Crippen LogP contribution in [0.3, 0.4) is 0 Å². The first-order valence-corrected chi connectivity index (χ1v) is 6.21. The molecule has 1 amide bonds. The molecular formula is C15H13F3N2O. The summed E-state index contributed by atoms with van der Waals surface area (Å²) in [4.78, 5) is 11.7. The Morgan fingerprint density at radius 3 is 2.57 bits per heavy atom. The van der Waals surface area contributed by atoms with E-state index in [1.807, 2.05) is 25.1 Å². The lowest BCUT2D eigenvalue weighted by Crippen LogP contribution is -2.22. The summed E-state index contributed by atoms with van der Waals surface area (Å²) in [7, 11) is 0. The minimum Gasteiger partial charge on any atom is -0.376 e. The van der Waals surface area contributed by atoms with Gasteiger partial charge in [-0.25, -0.2) is 13.2 Å².